The second kappa shape index (κ2) is 7.68. The molecule has 27 heavy (non-hydrogen) atoms. The number of nitrogens with one attached hydrogen (secondary N) is 1. The van der Waals surface area contributed by atoms with Gasteiger partial charge in [0.1, 0.15) is 11.6 Å². The summed E-state index contributed by atoms with van der Waals surface area (Å²) in [5.41, 5.74) is 6.83. The molecular formula is C19H17N5O3. The van der Waals surface area contributed by atoms with E-state index in [0.29, 0.717) is 29.7 Å². The summed E-state index contributed by atoms with van der Waals surface area (Å²) in [6, 6.07) is 14.6. The maximum Gasteiger partial charge on any atom is 0.273 e. The van der Waals surface area contributed by atoms with Crippen LogP contribution in [0.3, 0.4) is 0 Å². The van der Waals surface area contributed by atoms with Gasteiger partial charge < -0.3 is 11.1 Å². The van der Waals surface area contributed by atoms with Gasteiger partial charge in [-0.1, -0.05) is 6.07 Å². The molecule has 136 valence electrons. The van der Waals surface area contributed by atoms with Gasteiger partial charge in [-0.15, -0.1) is 0 Å². The number of hydrogen-bond donors (Lipinski definition) is 2. The van der Waals surface area contributed by atoms with Crippen molar-refractivity contribution < 1.29 is 4.92 Å². The van der Waals surface area contributed by atoms with E-state index in [0.717, 1.165) is 12.1 Å². The van der Waals surface area contributed by atoms with Gasteiger partial charge in [0.05, 0.1) is 10.4 Å². The highest BCUT2D eigenvalue weighted by Gasteiger charge is 2.13. The molecule has 3 aromatic rings. The average molecular weight is 363 g/mol. The molecule has 0 radical (unpaired) electrons. The van der Waals surface area contributed by atoms with E-state index >= 15 is 0 Å². The molecule has 0 unspecified atom stereocenters. The SMILES string of the molecule is N#Cc1cc2ccc(NCCCN)cc2n(-c2ccc([N+](=O)[O-])cc2)c1=O. The van der Waals surface area contributed by atoms with Crippen LogP contribution in [0.1, 0.15) is 12.0 Å². The molecule has 3 N–H and O–H groups in total. The van der Waals surface area contributed by atoms with E-state index in [4.69, 9.17) is 5.73 Å². The van der Waals surface area contributed by atoms with Crippen LogP contribution in [-0.2, 0) is 0 Å². The molecule has 0 saturated heterocycles. The average Bonchev–Trinajstić information content (AvgIpc) is 2.68. The van der Waals surface area contributed by atoms with Crippen molar-refractivity contribution in [2.75, 3.05) is 18.4 Å². The van der Waals surface area contributed by atoms with Gasteiger partial charge in [-0.25, -0.2) is 0 Å². The Hall–Kier alpha value is -3.70. The molecule has 0 aliphatic heterocycles. The predicted molar refractivity (Wildman–Crippen MR) is 103 cm³/mol. The number of nitrogens with zero attached hydrogens (tertiary/aromatic N) is 3. The number of benzene rings is 2. The smallest absolute Gasteiger partial charge is 0.273 e. The second-order valence-corrected chi connectivity index (χ2v) is 5.93. The zero-order valence-electron chi connectivity index (χ0n) is 14.4. The van der Waals surface area contributed by atoms with Gasteiger partial charge in [0.15, 0.2) is 0 Å². The molecule has 0 aliphatic carbocycles. The monoisotopic (exact) mass is 363 g/mol. The molecule has 2 aromatic carbocycles. The van der Waals surface area contributed by atoms with Crippen LogP contribution < -0.4 is 16.6 Å². The van der Waals surface area contributed by atoms with Gasteiger partial charge in [-0.2, -0.15) is 5.26 Å². The van der Waals surface area contributed by atoms with Gasteiger partial charge in [0.25, 0.3) is 11.2 Å². The highest BCUT2D eigenvalue weighted by atomic mass is 16.6. The first-order valence-electron chi connectivity index (χ1n) is 8.34. The van der Waals surface area contributed by atoms with Crippen molar-refractivity contribution in [1.82, 2.24) is 4.57 Å². The van der Waals surface area contributed by atoms with Gasteiger partial charge in [0, 0.05) is 35.4 Å². The molecular weight excluding hydrogens is 346 g/mol. The summed E-state index contributed by atoms with van der Waals surface area (Å²) in [6.07, 6.45) is 0.806. The maximum absolute atomic E-state index is 12.8. The molecule has 3 rings (SSSR count). The highest BCUT2D eigenvalue weighted by molar-refractivity contribution is 5.85. The number of nitriles is 1. The lowest BCUT2D eigenvalue weighted by molar-refractivity contribution is -0.384. The van der Waals surface area contributed by atoms with Gasteiger partial charge in [0.2, 0.25) is 0 Å². The minimum Gasteiger partial charge on any atom is -0.385 e. The number of aromatic nitrogens is 1. The Labute approximate surface area is 154 Å². The number of hydrogen-bond acceptors (Lipinski definition) is 6. The third kappa shape index (κ3) is 3.63. The summed E-state index contributed by atoms with van der Waals surface area (Å²) in [5.74, 6) is 0. The fourth-order valence-corrected chi connectivity index (χ4v) is 2.81. The minimum atomic E-state index is -0.504. The van der Waals surface area contributed by atoms with Crippen LogP contribution in [0.5, 0.6) is 0 Å². The van der Waals surface area contributed by atoms with Crippen LogP contribution in [0.15, 0.2) is 53.3 Å². The van der Waals surface area contributed by atoms with Crippen molar-refractivity contribution in [3.8, 4) is 11.8 Å². The first-order chi connectivity index (χ1) is 13.0. The van der Waals surface area contributed by atoms with Gasteiger partial charge >= 0.3 is 0 Å². The second-order valence-electron chi connectivity index (χ2n) is 5.93. The van der Waals surface area contributed by atoms with Crippen LogP contribution in [0, 0.1) is 21.4 Å². The van der Waals surface area contributed by atoms with Gasteiger partial charge in [-0.05, 0) is 43.3 Å². The molecule has 8 nitrogen and oxygen atoms in total. The first kappa shape index (κ1) is 18.1. The Morgan fingerprint density at radius 1 is 1.19 bits per heavy atom. The van der Waals surface area contributed by atoms with E-state index in [1.165, 1.54) is 28.8 Å². The lowest BCUT2D eigenvalue weighted by Gasteiger charge is -2.13. The fraction of sp³-hybridized carbons (Fsp3) is 0.158. The van der Waals surface area contributed by atoms with Crippen LogP contribution in [0.2, 0.25) is 0 Å². The summed E-state index contributed by atoms with van der Waals surface area (Å²) in [4.78, 5) is 23.1. The third-order valence-electron chi connectivity index (χ3n) is 4.15. The van der Waals surface area contributed by atoms with Crippen molar-refractivity contribution >= 4 is 22.3 Å². The quantitative estimate of drug-likeness (QED) is 0.393. The molecule has 8 heteroatoms. The molecule has 0 fully saturated rings. The number of pyridine rings is 1. The standard InChI is InChI=1S/C19H17N5O3/c20-8-1-9-22-15-3-2-13-10-14(12-21)19(25)23(18(13)11-15)16-4-6-17(7-5-16)24(26)27/h2-7,10-11,22H,1,8-9,20H2. The maximum atomic E-state index is 12.8. The predicted octanol–water partition coefficient (Wildman–Crippen LogP) is 2.53. The minimum absolute atomic E-state index is 0.00435. The zero-order chi connectivity index (χ0) is 19.4. The van der Waals surface area contributed by atoms with E-state index < -0.39 is 10.5 Å². The lowest BCUT2D eigenvalue weighted by Crippen LogP contribution is -2.21. The number of nitro groups is 1. The van der Waals surface area contributed by atoms with Crippen molar-refractivity contribution in [3.63, 3.8) is 0 Å². The summed E-state index contributed by atoms with van der Waals surface area (Å²) in [5, 5.41) is 24.1. The third-order valence-corrected chi connectivity index (χ3v) is 4.15. The zero-order valence-corrected chi connectivity index (χ0v) is 14.4. The summed E-state index contributed by atoms with van der Waals surface area (Å²) in [6.45, 7) is 1.26. The van der Waals surface area contributed by atoms with E-state index in [1.54, 1.807) is 6.07 Å². The van der Waals surface area contributed by atoms with Crippen molar-refractivity contribution in [1.29, 1.82) is 5.26 Å². The Morgan fingerprint density at radius 2 is 1.93 bits per heavy atom. The topological polar surface area (TPSA) is 127 Å². The first-order valence-corrected chi connectivity index (χ1v) is 8.34. The lowest BCUT2D eigenvalue weighted by atomic mass is 10.1. The Kier molecular flexibility index (Phi) is 5.15. The van der Waals surface area contributed by atoms with Crippen molar-refractivity contribution in [3.05, 3.63) is 74.6 Å². The van der Waals surface area contributed by atoms with E-state index in [9.17, 15) is 20.2 Å². The Balaban J connectivity index is 2.19. The van der Waals surface area contributed by atoms with E-state index in [2.05, 4.69) is 5.32 Å². The molecule has 0 aliphatic rings. The number of anilines is 1. The van der Waals surface area contributed by atoms with Crippen molar-refractivity contribution in [2.24, 2.45) is 5.73 Å². The molecule has 0 spiro atoms. The fourth-order valence-electron chi connectivity index (χ4n) is 2.81. The normalized spacial score (nSPS) is 10.5. The van der Waals surface area contributed by atoms with Crippen molar-refractivity contribution in [2.45, 2.75) is 6.42 Å². The van der Waals surface area contributed by atoms with Crippen LogP contribution in [-0.4, -0.2) is 22.6 Å². The number of nitro benzene ring substituents is 1. The van der Waals surface area contributed by atoms with E-state index in [1.807, 2.05) is 24.3 Å². The number of nitrogens with two attached hydrogens (primary N) is 1. The highest BCUT2D eigenvalue weighted by Crippen LogP contribution is 2.23. The number of fused-ring (bicyclic) bond motifs is 1. The van der Waals surface area contributed by atoms with Crippen LogP contribution in [0.4, 0.5) is 11.4 Å². The molecule has 1 aromatic heterocycles. The Bertz CT molecular complexity index is 1100. The van der Waals surface area contributed by atoms with Crippen LogP contribution in [0.25, 0.3) is 16.6 Å². The van der Waals surface area contributed by atoms with E-state index in [-0.39, 0.29) is 11.3 Å². The molecule has 0 amide bonds. The number of rotatable bonds is 6. The van der Waals surface area contributed by atoms with Gasteiger partial charge in [-0.3, -0.25) is 19.5 Å². The summed E-state index contributed by atoms with van der Waals surface area (Å²) < 4.78 is 1.39. The largest absolute Gasteiger partial charge is 0.385 e. The summed E-state index contributed by atoms with van der Waals surface area (Å²) in [7, 11) is 0. The molecule has 0 atom stereocenters. The summed E-state index contributed by atoms with van der Waals surface area (Å²) >= 11 is 0. The number of non-ortho nitro benzene ring substituents is 1. The van der Waals surface area contributed by atoms with Crippen LogP contribution >= 0.6 is 0 Å². The molecule has 1 heterocycles. The molecule has 0 bridgehead atoms. The Morgan fingerprint density at radius 3 is 2.56 bits per heavy atom. The molecule has 0 saturated carbocycles.